The van der Waals surface area contributed by atoms with Crippen LogP contribution in [0.3, 0.4) is 0 Å². The molecule has 6 nitrogen and oxygen atoms in total. The minimum absolute atomic E-state index is 0.0629. The second-order valence-electron chi connectivity index (χ2n) is 10.2. The molecule has 0 spiro atoms. The number of carbonyl (C=O) groups is 2. The summed E-state index contributed by atoms with van der Waals surface area (Å²) in [6.07, 6.45) is 11.7. The van der Waals surface area contributed by atoms with Crippen molar-refractivity contribution in [2.45, 2.75) is 90.1 Å². The van der Waals surface area contributed by atoms with Gasteiger partial charge in [0.2, 0.25) is 5.91 Å². The van der Waals surface area contributed by atoms with Crippen LogP contribution in [-0.4, -0.2) is 51.9 Å². The minimum atomic E-state index is 0.0629. The lowest BCUT2D eigenvalue weighted by Gasteiger charge is -2.57. The first-order chi connectivity index (χ1) is 14.5. The predicted octanol–water partition coefficient (Wildman–Crippen LogP) is 4.10. The zero-order valence-electron chi connectivity index (χ0n) is 18.4. The van der Waals surface area contributed by atoms with Crippen molar-refractivity contribution in [1.29, 1.82) is 0 Å². The maximum absolute atomic E-state index is 13.4. The fourth-order valence-electron chi connectivity index (χ4n) is 6.96. The number of rotatable bonds is 3. The molecule has 1 saturated carbocycles. The van der Waals surface area contributed by atoms with Crippen LogP contribution < -0.4 is 0 Å². The molecular formula is C24H35N3O3. The van der Waals surface area contributed by atoms with E-state index in [1.165, 1.54) is 32.1 Å². The van der Waals surface area contributed by atoms with Crippen molar-refractivity contribution in [3.63, 3.8) is 0 Å². The molecule has 164 valence electrons. The van der Waals surface area contributed by atoms with Crippen molar-refractivity contribution in [1.82, 2.24) is 15.0 Å². The molecule has 6 heteroatoms. The van der Waals surface area contributed by atoms with Gasteiger partial charge in [0.25, 0.3) is 5.91 Å². The van der Waals surface area contributed by atoms with E-state index in [9.17, 15) is 9.59 Å². The second kappa shape index (κ2) is 8.01. The predicted molar refractivity (Wildman–Crippen MR) is 113 cm³/mol. The average molecular weight is 414 g/mol. The van der Waals surface area contributed by atoms with Crippen LogP contribution in [0.15, 0.2) is 4.52 Å². The number of piperidine rings is 3. The number of fused-ring (bicyclic) bond motifs is 4. The van der Waals surface area contributed by atoms with E-state index in [1.54, 1.807) is 0 Å². The summed E-state index contributed by atoms with van der Waals surface area (Å²) in [5.74, 6) is 2.58. The number of likely N-dealkylation sites (tertiary alicyclic amines) is 1. The van der Waals surface area contributed by atoms with Crippen LogP contribution >= 0.6 is 0 Å². The lowest BCUT2D eigenvalue weighted by Crippen LogP contribution is -2.65. The Morgan fingerprint density at radius 1 is 1.07 bits per heavy atom. The highest BCUT2D eigenvalue weighted by molar-refractivity contribution is 5.96. The van der Waals surface area contributed by atoms with Gasteiger partial charge in [-0.05, 0) is 57.3 Å². The number of nitrogens with zero attached hydrogens (tertiary/aromatic N) is 3. The van der Waals surface area contributed by atoms with E-state index in [-0.39, 0.29) is 5.91 Å². The van der Waals surface area contributed by atoms with Gasteiger partial charge in [0, 0.05) is 31.6 Å². The molecule has 1 aromatic rings. The summed E-state index contributed by atoms with van der Waals surface area (Å²) in [5, 5.41) is 4.00. The number of hydrogen-bond acceptors (Lipinski definition) is 4. The minimum Gasteiger partial charge on any atom is -0.361 e. The number of hydrogen-bond donors (Lipinski definition) is 0. The van der Waals surface area contributed by atoms with Gasteiger partial charge in [-0.1, -0.05) is 37.3 Å². The van der Waals surface area contributed by atoms with Crippen LogP contribution in [0.25, 0.3) is 0 Å². The van der Waals surface area contributed by atoms with Gasteiger partial charge in [-0.25, -0.2) is 0 Å². The second-order valence-corrected chi connectivity index (χ2v) is 10.2. The van der Waals surface area contributed by atoms with Gasteiger partial charge in [-0.15, -0.1) is 0 Å². The molecule has 0 unspecified atom stereocenters. The lowest BCUT2D eigenvalue weighted by atomic mass is 9.69. The quantitative estimate of drug-likeness (QED) is 0.748. The number of amides is 2. The van der Waals surface area contributed by atoms with Crippen molar-refractivity contribution >= 4 is 11.8 Å². The van der Waals surface area contributed by atoms with E-state index in [4.69, 9.17) is 4.52 Å². The molecule has 2 amide bonds. The topological polar surface area (TPSA) is 66.7 Å². The number of carbonyl (C=O) groups excluding carboxylic acids is 2. The molecule has 3 saturated heterocycles. The van der Waals surface area contributed by atoms with E-state index >= 15 is 0 Å². The number of aromatic nitrogens is 1. The maximum Gasteiger partial charge on any atom is 0.259 e. The molecule has 1 aliphatic carbocycles. The summed E-state index contributed by atoms with van der Waals surface area (Å²) in [4.78, 5) is 30.8. The summed E-state index contributed by atoms with van der Waals surface area (Å²) < 4.78 is 5.27. The summed E-state index contributed by atoms with van der Waals surface area (Å²) in [6, 6.07) is 0.624. The third kappa shape index (κ3) is 3.46. The molecule has 3 aliphatic heterocycles. The molecule has 30 heavy (non-hydrogen) atoms. The van der Waals surface area contributed by atoms with Crippen molar-refractivity contribution < 1.29 is 14.1 Å². The van der Waals surface area contributed by atoms with Gasteiger partial charge in [0.05, 0.1) is 5.69 Å². The molecule has 1 aromatic heterocycles. The van der Waals surface area contributed by atoms with Crippen LogP contribution in [0.2, 0.25) is 0 Å². The van der Waals surface area contributed by atoms with Gasteiger partial charge in [0.1, 0.15) is 11.3 Å². The Labute approximate surface area is 179 Å². The first-order valence-electron chi connectivity index (χ1n) is 12.1. The van der Waals surface area contributed by atoms with E-state index in [2.05, 4.69) is 15.0 Å². The standard InChI is InChI=1S/C24H35N3O3/c1-15-23(16(2)30-25-15)24(29)26-13-18-12-19(14-26)21(11-17-7-4-3-5-8-17)27-20(18)9-6-10-22(27)28/h17-21H,3-14H2,1-2H3/t18-,19+,20+,21+/m1/s1. The van der Waals surface area contributed by atoms with Crippen LogP contribution in [0.1, 0.15) is 86.0 Å². The van der Waals surface area contributed by atoms with Crippen molar-refractivity contribution in [2.24, 2.45) is 17.8 Å². The molecule has 4 aliphatic rings. The van der Waals surface area contributed by atoms with Gasteiger partial charge in [0.15, 0.2) is 0 Å². The van der Waals surface area contributed by atoms with Crippen LogP contribution in [0.5, 0.6) is 0 Å². The Bertz CT molecular complexity index is 793. The SMILES string of the molecule is Cc1noc(C)c1C(=O)N1C[C@H]2C[C@@H](C1)[C@H](CC1CCCCC1)N1C(=O)CCC[C@@H]21. The Morgan fingerprint density at radius 3 is 2.57 bits per heavy atom. The third-order valence-corrected chi connectivity index (χ3v) is 8.33. The highest BCUT2D eigenvalue weighted by atomic mass is 16.5. The molecule has 4 atom stereocenters. The van der Waals surface area contributed by atoms with E-state index in [0.717, 1.165) is 44.7 Å². The Morgan fingerprint density at radius 2 is 1.83 bits per heavy atom. The van der Waals surface area contributed by atoms with E-state index in [0.29, 0.717) is 53.3 Å². The summed E-state index contributed by atoms with van der Waals surface area (Å²) in [7, 11) is 0. The summed E-state index contributed by atoms with van der Waals surface area (Å²) in [5.41, 5.74) is 1.32. The van der Waals surface area contributed by atoms with Crippen LogP contribution in [-0.2, 0) is 4.79 Å². The fraction of sp³-hybridized carbons (Fsp3) is 0.792. The van der Waals surface area contributed by atoms with Crippen LogP contribution in [0, 0.1) is 31.6 Å². The first kappa shape index (κ1) is 20.1. The normalized spacial score (nSPS) is 32.3. The zero-order chi connectivity index (χ0) is 20.8. The van der Waals surface area contributed by atoms with Crippen molar-refractivity contribution in [3.8, 4) is 0 Å². The van der Waals surface area contributed by atoms with Gasteiger partial charge < -0.3 is 14.3 Å². The Hall–Kier alpha value is -1.85. The zero-order valence-corrected chi connectivity index (χ0v) is 18.4. The molecule has 2 bridgehead atoms. The highest BCUT2D eigenvalue weighted by Gasteiger charge is 2.50. The summed E-state index contributed by atoms with van der Waals surface area (Å²) in [6.45, 7) is 5.19. The van der Waals surface area contributed by atoms with Crippen molar-refractivity contribution in [2.75, 3.05) is 13.1 Å². The van der Waals surface area contributed by atoms with Crippen LogP contribution in [0.4, 0.5) is 0 Å². The van der Waals surface area contributed by atoms with E-state index in [1.807, 2.05) is 13.8 Å². The molecule has 5 rings (SSSR count). The van der Waals surface area contributed by atoms with Crippen molar-refractivity contribution in [3.05, 3.63) is 17.0 Å². The monoisotopic (exact) mass is 413 g/mol. The molecule has 0 N–H and O–H groups in total. The van der Waals surface area contributed by atoms with Gasteiger partial charge in [-0.2, -0.15) is 0 Å². The fourth-order valence-corrected chi connectivity index (χ4v) is 6.96. The van der Waals surface area contributed by atoms with Gasteiger partial charge in [-0.3, -0.25) is 9.59 Å². The Balaban J connectivity index is 1.41. The van der Waals surface area contributed by atoms with Gasteiger partial charge >= 0.3 is 0 Å². The lowest BCUT2D eigenvalue weighted by molar-refractivity contribution is -0.153. The average Bonchev–Trinajstić information content (AvgIpc) is 3.09. The largest absolute Gasteiger partial charge is 0.361 e. The molecule has 0 aromatic carbocycles. The smallest absolute Gasteiger partial charge is 0.259 e. The molecular weight excluding hydrogens is 378 g/mol. The third-order valence-electron chi connectivity index (χ3n) is 8.33. The molecule has 4 fully saturated rings. The highest BCUT2D eigenvalue weighted by Crippen LogP contribution is 2.45. The summed E-state index contributed by atoms with van der Waals surface area (Å²) >= 11 is 0. The Kier molecular flexibility index (Phi) is 5.36. The van der Waals surface area contributed by atoms with E-state index < -0.39 is 0 Å². The maximum atomic E-state index is 13.4. The molecule has 0 radical (unpaired) electrons. The first-order valence-corrected chi connectivity index (χ1v) is 12.1. The molecule has 4 heterocycles. The number of aryl methyl sites for hydroxylation is 2.